The van der Waals surface area contributed by atoms with Crippen molar-refractivity contribution in [3.63, 3.8) is 0 Å². The van der Waals surface area contributed by atoms with Crippen LogP contribution in [0.1, 0.15) is 18.9 Å². The lowest BCUT2D eigenvalue weighted by atomic mass is 9.95. The van der Waals surface area contributed by atoms with E-state index in [9.17, 15) is 10.1 Å². The summed E-state index contributed by atoms with van der Waals surface area (Å²) >= 11 is 0. The summed E-state index contributed by atoms with van der Waals surface area (Å²) in [7, 11) is 0. The topological polar surface area (TPSA) is 99.7 Å². The first kappa shape index (κ1) is 17.9. The van der Waals surface area contributed by atoms with Crippen molar-refractivity contribution in [1.29, 1.82) is 5.26 Å². The van der Waals surface area contributed by atoms with Gasteiger partial charge in [-0.1, -0.05) is 6.92 Å². The summed E-state index contributed by atoms with van der Waals surface area (Å²) in [5.41, 5.74) is 2.79. The van der Waals surface area contributed by atoms with Gasteiger partial charge in [0.15, 0.2) is 0 Å². The van der Waals surface area contributed by atoms with Crippen LogP contribution in [0, 0.1) is 17.2 Å². The van der Waals surface area contributed by atoms with Gasteiger partial charge in [0.25, 0.3) is 0 Å². The number of rotatable bonds is 4. The first-order valence-corrected chi connectivity index (χ1v) is 9.29. The van der Waals surface area contributed by atoms with Crippen molar-refractivity contribution < 1.29 is 4.79 Å². The maximum absolute atomic E-state index is 12.4. The number of fused-ring (bicyclic) bond motifs is 1. The molecular weight excluding hydrogens is 354 g/mol. The molecule has 0 radical (unpaired) electrons. The maximum atomic E-state index is 12.4. The second-order valence-electron chi connectivity index (χ2n) is 7.21. The lowest BCUT2D eigenvalue weighted by Gasteiger charge is -2.38. The first-order valence-electron chi connectivity index (χ1n) is 9.29. The Morgan fingerprint density at radius 1 is 1.25 bits per heavy atom. The Labute approximate surface area is 162 Å². The molecule has 0 saturated carbocycles. The molecule has 1 aliphatic heterocycles. The smallest absolute Gasteiger partial charge is 0.242 e. The number of hydrogen-bond donors (Lipinski definition) is 1. The Balaban J connectivity index is 1.55. The molecule has 1 amide bonds. The summed E-state index contributed by atoms with van der Waals surface area (Å²) in [6.45, 7) is 3.94. The van der Waals surface area contributed by atoms with E-state index in [1.807, 2.05) is 6.07 Å². The van der Waals surface area contributed by atoms with Crippen LogP contribution >= 0.6 is 0 Å². The molecule has 1 saturated heterocycles. The van der Waals surface area contributed by atoms with Gasteiger partial charge in [-0.05, 0) is 30.5 Å². The van der Waals surface area contributed by atoms with Gasteiger partial charge in [-0.25, -0.2) is 0 Å². The molecule has 8 nitrogen and oxygen atoms in total. The molecule has 8 heteroatoms. The highest BCUT2D eigenvalue weighted by Crippen LogP contribution is 2.30. The summed E-state index contributed by atoms with van der Waals surface area (Å²) in [5, 5.41) is 16.5. The quantitative estimate of drug-likeness (QED) is 0.745. The molecule has 3 heterocycles. The highest BCUT2D eigenvalue weighted by Gasteiger charge is 2.27. The fraction of sp³-hybridized carbons (Fsp3) is 0.350. The molecule has 1 aromatic carbocycles. The van der Waals surface area contributed by atoms with Crippen LogP contribution in [0.25, 0.3) is 11.0 Å². The molecule has 0 spiro atoms. The predicted octanol–water partition coefficient (Wildman–Crippen LogP) is 1.73. The Morgan fingerprint density at radius 3 is 2.82 bits per heavy atom. The van der Waals surface area contributed by atoms with Crippen molar-refractivity contribution in [2.45, 2.75) is 25.9 Å². The minimum atomic E-state index is -0.0489. The third kappa shape index (κ3) is 3.64. The molecule has 1 aliphatic rings. The summed E-state index contributed by atoms with van der Waals surface area (Å²) in [4.78, 5) is 23.4. The summed E-state index contributed by atoms with van der Waals surface area (Å²) in [6, 6.07) is 7.73. The molecule has 0 unspecified atom stereocenters. The van der Waals surface area contributed by atoms with E-state index in [2.05, 4.69) is 38.3 Å². The number of nitrogens with one attached hydrogen (secondary N) is 1. The van der Waals surface area contributed by atoms with Gasteiger partial charge in [0.1, 0.15) is 23.6 Å². The number of benzene rings is 1. The molecule has 3 aromatic rings. The SMILES string of the molecule is C[C@H]1C[C@@H](NC(=O)Cn2cccn2)CN(c2ccc(C#N)c3nccnc23)C1. The monoisotopic (exact) mass is 375 g/mol. The summed E-state index contributed by atoms with van der Waals surface area (Å²) in [5.74, 6) is 0.360. The zero-order valence-electron chi connectivity index (χ0n) is 15.6. The number of piperidine rings is 1. The molecule has 2 aromatic heterocycles. The Morgan fingerprint density at radius 2 is 2.07 bits per heavy atom. The van der Waals surface area contributed by atoms with Crippen LogP contribution in [0.4, 0.5) is 5.69 Å². The van der Waals surface area contributed by atoms with E-state index in [0.29, 0.717) is 23.5 Å². The molecule has 1 fully saturated rings. The molecular formula is C20H21N7O. The first-order chi connectivity index (χ1) is 13.6. The van der Waals surface area contributed by atoms with E-state index in [-0.39, 0.29) is 18.5 Å². The van der Waals surface area contributed by atoms with E-state index < -0.39 is 0 Å². The van der Waals surface area contributed by atoms with E-state index in [1.165, 1.54) is 0 Å². The second kappa shape index (κ2) is 7.64. The number of hydrogen-bond acceptors (Lipinski definition) is 6. The van der Waals surface area contributed by atoms with E-state index in [0.717, 1.165) is 24.2 Å². The van der Waals surface area contributed by atoms with Crippen LogP contribution < -0.4 is 10.2 Å². The molecule has 2 atom stereocenters. The minimum Gasteiger partial charge on any atom is -0.367 e. The van der Waals surface area contributed by atoms with Gasteiger partial charge < -0.3 is 10.2 Å². The number of nitriles is 1. The van der Waals surface area contributed by atoms with E-state index in [1.54, 1.807) is 41.6 Å². The van der Waals surface area contributed by atoms with Crippen LogP contribution in [0.2, 0.25) is 0 Å². The van der Waals surface area contributed by atoms with Gasteiger partial charge in [0.2, 0.25) is 5.91 Å². The number of aromatic nitrogens is 4. The highest BCUT2D eigenvalue weighted by molar-refractivity contribution is 5.92. The third-order valence-electron chi connectivity index (χ3n) is 4.95. The van der Waals surface area contributed by atoms with Gasteiger partial charge in [-0.3, -0.25) is 19.4 Å². The van der Waals surface area contributed by atoms with Crippen LogP contribution in [-0.2, 0) is 11.3 Å². The van der Waals surface area contributed by atoms with Crippen molar-refractivity contribution in [3.05, 3.63) is 48.5 Å². The average Bonchev–Trinajstić information content (AvgIpc) is 3.19. The summed E-state index contributed by atoms with van der Waals surface area (Å²) < 4.78 is 1.61. The lowest BCUT2D eigenvalue weighted by Crippen LogP contribution is -2.51. The van der Waals surface area contributed by atoms with Gasteiger partial charge in [0, 0.05) is 43.9 Å². The number of anilines is 1. The Kier molecular flexibility index (Phi) is 4.89. The number of carbonyl (C=O) groups excluding carboxylic acids is 1. The van der Waals surface area contributed by atoms with E-state index >= 15 is 0 Å². The number of nitrogens with zero attached hydrogens (tertiary/aromatic N) is 6. The van der Waals surface area contributed by atoms with Crippen LogP contribution in [0.5, 0.6) is 0 Å². The van der Waals surface area contributed by atoms with Crippen molar-refractivity contribution in [2.75, 3.05) is 18.0 Å². The standard InChI is InChI=1S/C20H21N7O/c1-14-9-16(25-18(28)13-27-8-2-5-24-27)12-26(11-14)17-4-3-15(10-21)19-20(17)23-7-6-22-19/h2-8,14,16H,9,11-13H2,1H3,(H,25,28)/t14-,16+/m0/s1. The number of carbonyl (C=O) groups is 1. The number of amides is 1. The lowest BCUT2D eigenvalue weighted by molar-refractivity contribution is -0.122. The zero-order chi connectivity index (χ0) is 19.5. The second-order valence-corrected chi connectivity index (χ2v) is 7.21. The Hall–Kier alpha value is -3.47. The van der Waals surface area contributed by atoms with Crippen molar-refractivity contribution in [3.8, 4) is 6.07 Å². The largest absolute Gasteiger partial charge is 0.367 e. The predicted molar refractivity (Wildman–Crippen MR) is 104 cm³/mol. The zero-order valence-corrected chi connectivity index (χ0v) is 15.6. The van der Waals surface area contributed by atoms with Gasteiger partial charge in [0.05, 0.1) is 11.3 Å². The van der Waals surface area contributed by atoms with Crippen LogP contribution in [0.3, 0.4) is 0 Å². The highest BCUT2D eigenvalue weighted by atomic mass is 16.2. The van der Waals surface area contributed by atoms with Crippen molar-refractivity contribution in [1.82, 2.24) is 25.1 Å². The molecule has 142 valence electrons. The van der Waals surface area contributed by atoms with Crippen molar-refractivity contribution >= 4 is 22.6 Å². The van der Waals surface area contributed by atoms with Crippen LogP contribution in [-0.4, -0.2) is 44.8 Å². The fourth-order valence-electron chi connectivity index (χ4n) is 3.86. The van der Waals surface area contributed by atoms with Crippen LogP contribution in [0.15, 0.2) is 43.0 Å². The fourth-order valence-corrected chi connectivity index (χ4v) is 3.86. The van der Waals surface area contributed by atoms with Gasteiger partial charge >= 0.3 is 0 Å². The Bertz CT molecular complexity index is 1020. The minimum absolute atomic E-state index is 0.0363. The third-order valence-corrected chi connectivity index (χ3v) is 4.95. The molecule has 1 N–H and O–H groups in total. The summed E-state index contributed by atoms with van der Waals surface area (Å²) in [6.07, 6.45) is 7.60. The van der Waals surface area contributed by atoms with Gasteiger partial charge in [-0.2, -0.15) is 10.4 Å². The molecule has 28 heavy (non-hydrogen) atoms. The molecule has 0 bridgehead atoms. The van der Waals surface area contributed by atoms with E-state index in [4.69, 9.17) is 0 Å². The molecule has 4 rings (SSSR count). The maximum Gasteiger partial charge on any atom is 0.242 e. The van der Waals surface area contributed by atoms with Crippen molar-refractivity contribution in [2.24, 2.45) is 5.92 Å². The van der Waals surface area contributed by atoms with Gasteiger partial charge in [-0.15, -0.1) is 0 Å². The average molecular weight is 375 g/mol. The molecule has 0 aliphatic carbocycles. The normalized spacial score (nSPS) is 19.4.